The van der Waals surface area contributed by atoms with Crippen LogP contribution in [-0.4, -0.2) is 34.6 Å². The second-order valence-electron chi connectivity index (χ2n) is 6.39. The Morgan fingerprint density at radius 3 is 2.48 bits per heavy atom. The summed E-state index contributed by atoms with van der Waals surface area (Å²) in [5.41, 5.74) is 0.0540. The Balaban J connectivity index is 2.42. The van der Waals surface area contributed by atoms with Gasteiger partial charge in [-0.05, 0) is 48.3 Å². The number of hydrogen-bond donors (Lipinski definition) is 1. The molecule has 1 N–H and O–H groups in total. The van der Waals surface area contributed by atoms with Crippen molar-refractivity contribution in [2.45, 2.75) is 32.2 Å². The van der Waals surface area contributed by atoms with E-state index in [0.717, 1.165) is 0 Å². The minimum Gasteiger partial charge on any atom is -0.481 e. The maximum Gasteiger partial charge on any atom is 0.308 e. The average Bonchev–Trinajstić information content (AvgIpc) is 2.81. The predicted molar refractivity (Wildman–Crippen MR) is 79.3 cm³/mol. The number of carboxylic acid groups (broad SMARTS) is 1. The third kappa shape index (κ3) is 3.11. The van der Waals surface area contributed by atoms with E-state index in [0.29, 0.717) is 13.1 Å². The van der Waals surface area contributed by atoms with Crippen LogP contribution < -0.4 is 0 Å². The first-order valence-electron chi connectivity index (χ1n) is 6.74. The molecular formula is C15H18BrF2NO2. The van der Waals surface area contributed by atoms with Gasteiger partial charge in [0.05, 0.1) is 10.4 Å². The summed E-state index contributed by atoms with van der Waals surface area (Å²) in [4.78, 5) is 13.5. The van der Waals surface area contributed by atoms with Crippen molar-refractivity contribution < 1.29 is 18.7 Å². The summed E-state index contributed by atoms with van der Waals surface area (Å²) < 4.78 is 27.4. The van der Waals surface area contributed by atoms with Gasteiger partial charge < -0.3 is 5.11 Å². The standard InChI is InChI=1S/C15H18BrF2NO2/c1-15(2,3)19-6-9(10(7-19)14(20)21)8-4-5-11(17)12(16)13(8)18/h4-5,9-10H,6-7H2,1-3H3,(H,20,21)/t9-,10+/m1/s1. The van der Waals surface area contributed by atoms with Crippen LogP contribution in [0.2, 0.25) is 0 Å². The Bertz CT molecular complexity index is 572. The molecule has 0 aliphatic carbocycles. The Kier molecular flexibility index (Phi) is 4.40. The summed E-state index contributed by atoms with van der Waals surface area (Å²) in [5, 5.41) is 9.41. The molecule has 116 valence electrons. The molecule has 0 unspecified atom stereocenters. The highest BCUT2D eigenvalue weighted by Gasteiger charge is 2.43. The SMILES string of the molecule is CC(C)(C)N1C[C@H](C(=O)O)[C@@H](c2ccc(F)c(Br)c2F)C1. The van der Waals surface area contributed by atoms with Crippen molar-refractivity contribution in [2.24, 2.45) is 5.92 Å². The van der Waals surface area contributed by atoms with E-state index in [4.69, 9.17) is 0 Å². The van der Waals surface area contributed by atoms with Crippen LogP contribution in [0, 0.1) is 17.6 Å². The molecule has 1 saturated heterocycles. The zero-order valence-corrected chi connectivity index (χ0v) is 13.7. The van der Waals surface area contributed by atoms with Gasteiger partial charge in [-0.25, -0.2) is 8.78 Å². The van der Waals surface area contributed by atoms with Crippen molar-refractivity contribution in [2.75, 3.05) is 13.1 Å². The average molecular weight is 362 g/mol. The summed E-state index contributed by atoms with van der Waals surface area (Å²) in [7, 11) is 0. The van der Waals surface area contributed by atoms with Crippen LogP contribution in [0.25, 0.3) is 0 Å². The Labute approximate surface area is 131 Å². The number of benzene rings is 1. The first-order chi connectivity index (χ1) is 9.62. The molecule has 1 fully saturated rings. The topological polar surface area (TPSA) is 40.5 Å². The fourth-order valence-corrected chi connectivity index (χ4v) is 3.11. The number of likely N-dealkylation sites (tertiary alicyclic amines) is 1. The molecule has 1 heterocycles. The van der Waals surface area contributed by atoms with E-state index >= 15 is 0 Å². The minimum atomic E-state index is -0.952. The van der Waals surface area contributed by atoms with Crippen molar-refractivity contribution in [1.29, 1.82) is 0 Å². The summed E-state index contributed by atoms with van der Waals surface area (Å²) >= 11 is 2.88. The molecule has 3 nitrogen and oxygen atoms in total. The molecule has 1 aliphatic heterocycles. The lowest BCUT2D eigenvalue weighted by Gasteiger charge is -2.31. The lowest BCUT2D eigenvalue weighted by Crippen LogP contribution is -2.40. The molecule has 1 aromatic carbocycles. The van der Waals surface area contributed by atoms with E-state index in [1.807, 2.05) is 25.7 Å². The van der Waals surface area contributed by atoms with Gasteiger partial charge in [0, 0.05) is 24.5 Å². The minimum absolute atomic E-state index is 0.198. The molecule has 0 bridgehead atoms. The molecule has 0 saturated carbocycles. The Hall–Kier alpha value is -1.01. The number of aliphatic carboxylic acids is 1. The summed E-state index contributed by atoms with van der Waals surface area (Å²) in [6, 6.07) is 2.52. The maximum absolute atomic E-state index is 14.3. The molecule has 2 rings (SSSR count). The molecule has 0 aromatic heterocycles. The first kappa shape index (κ1) is 16.4. The molecule has 6 heteroatoms. The van der Waals surface area contributed by atoms with Crippen molar-refractivity contribution in [1.82, 2.24) is 4.90 Å². The number of carbonyl (C=O) groups is 1. The number of carboxylic acids is 1. The zero-order chi connectivity index (χ0) is 15.9. The highest BCUT2D eigenvalue weighted by molar-refractivity contribution is 9.10. The van der Waals surface area contributed by atoms with E-state index in [2.05, 4.69) is 15.9 Å². The largest absolute Gasteiger partial charge is 0.481 e. The second-order valence-corrected chi connectivity index (χ2v) is 7.18. The van der Waals surface area contributed by atoms with Crippen molar-refractivity contribution >= 4 is 21.9 Å². The molecule has 1 aromatic rings. The van der Waals surface area contributed by atoms with Crippen LogP contribution in [0.4, 0.5) is 8.78 Å². The highest BCUT2D eigenvalue weighted by Crippen LogP contribution is 2.39. The van der Waals surface area contributed by atoms with E-state index in [9.17, 15) is 18.7 Å². The fourth-order valence-electron chi connectivity index (χ4n) is 2.74. The molecular weight excluding hydrogens is 344 g/mol. The number of hydrogen-bond acceptors (Lipinski definition) is 2. The van der Waals surface area contributed by atoms with Crippen molar-refractivity contribution in [3.05, 3.63) is 33.8 Å². The smallest absolute Gasteiger partial charge is 0.308 e. The van der Waals surface area contributed by atoms with E-state index in [-0.39, 0.29) is 15.6 Å². The van der Waals surface area contributed by atoms with E-state index < -0.39 is 29.4 Å². The molecule has 21 heavy (non-hydrogen) atoms. The van der Waals surface area contributed by atoms with Crippen LogP contribution in [0.1, 0.15) is 32.3 Å². The van der Waals surface area contributed by atoms with Crippen LogP contribution >= 0.6 is 15.9 Å². The third-order valence-electron chi connectivity index (χ3n) is 4.05. The Morgan fingerprint density at radius 2 is 1.95 bits per heavy atom. The van der Waals surface area contributed by atoms with Gasteiger partial charge in [0.25, 0.3) is 0 Å². The normalized spacial score (nSPS) is 23.5. The van der Waals surface area contributed by atoms with Gasteiger partial charge in [-0.1, -0.05) is 6.07 Å². The van der Waals surface area contributed by atoms with Crippen molar-refractivity contribution in [3.8, 4) is 0 Å². The van der Waals surface area contributed by atoms with Gasteiger partial charge in [-0.3, -0.25) is 9.69 Å². The third-order valence-corrected chi connectivity index (χ3v) is 4.78. The van der Waals surface area contributed by atoms with Gasteiger partial charge in [0.1, 0.15) is 11.6 Å². The van der Waals surface area contributed by atoms with E-state index in [1.165, 1.54) is 12.1 Å². The summed E-state index contributed by atoms with van der Waals surface area (Å²) in [6.45, 7) is 6.77. The van der Waals surface area contributed by atoms with Gasteiger partial charge in [-0.15, -0.1) is 0 Å². The lowest BCUT2D eigenvalue weighted by molar-refractivity contribution is -0.141. The van der Waals surface area contributed by atoms with Gasteiger partial charge in [-0.2, -0.15) is 0 Å². The van der Waals surface area contributed by atoms with Crippen LogP contribution in [0.15, 0.2) is 16.6 Å². The van der Waals surface area contributed by atoms with Crippen LogP contribution in [0.3, 0.4) is 0 Å². The highest BCUT2D eigenvalue weighted by atomic mass is 79.9. The first-order valence-corrected chi connectivity index (χ1v) is 7.53. The van der Waals surface area contributed by atoms with Crippen molar-refractivity contribution in [3.63, 3.8) is 0 Å². The maximum atomic E-state index is 14.3. The monoisotopic (exact) mass is 361 g/mol. The molecule has 0 amide bonds. The summed E-state index contributed by atoms with van der Waals surface area (Å²) in [5.74, 6) is -3.53. The predicted octanol–water partition coefficient (Wildman–Crippen LogP) is 3.63. The fraction of sp³-hybridized carbons (Fsp3) is 0.533. The van der Waals surface area contributed by atoms with Gasteiger partial charge in [0.2, 0.25) is 0 Å². The Morgan fingerprint density at radius 1 is 1.33 bits per heavy atom. The number of rotatable bonds is 2. The molecule has 0 spiro atoms. The summed E-state index contributed by atoms with van der Waals surface area (Å²) in [6.07, 6.45) is 0. The van der Waals surface area contributed by atoms with E-state index in [1.54, 1.807) is 0 Å². The van der Waals surface area contributed by atoms with Gasteiger partial charge in [0.15, 0.2) is 0 Å². The molecule has 2 atom stereocenters. The number of halogens is 3. The molecule has 1 aliphatic rings. The quantitative estimate of drug-likeness (QED) is 0.817. The zero-order valence-electron chi connectivity index (χ0n) is 12.2. The van der Waals surface area contributed by atoms with Crippen LogP contribution in [0.5, 0.6) is 0 Å². The van der Waals surface area contributed by atoms with Crippen LogP contribution in [-0.2, 0) is 4.79 Å². The molecule has 0 radical (unpaired) electrons. The van der Waals surface area contributed by atoms with Gasteiger partial charge >= 0.3 is 5.97 Å². The second kappa shape index (κ2) is 5.65. The number of nitrogens with zero attached hydrogens (tertiary/aromatic N) is 1. The lowest BCUT2D eigenvalue weighted by atomic mass is 9.88.